The van der Waals surface area contributed by atoms with Gasteiger partial charge in [0, 0.05) is 26.2 Å². The van der Waals surface area contributed by atoms with Crippen molar-refractivity contribution in [2.45, 2.75) is 52.0 Å². The fourth-order valence-electron chi connectivity index (χ4n) is 2.95. The van der Waals surface area contributed by atoms with Crippen molar-refractivity contribution in [3.63, 3.8) is 0 Å². The molecule has 0 aliphatic heterocycles. The lowest BCUT2D eigenvalue weighted by atomic mass is 9.94. The van der Waals surface area contributed by atoms with Crippen LogP contribution in [-0.2, 0) is 4.74 Å². The molecule has 0 bridgehead atoms. The van der Waals surface area contributed by atoms with Crippen molar-refractivity contribution in [1.82, 2.24) is 4.90 Å². The molecule has 0 aromatic heterocycles. The number of nitriles is 1. The van der Waals surface area contributed by atoms with Crippen LogP contribution in [0.4, 0.5) is 0 Å². The Morgan fingerprint density at radius 3 is 2.61 bits per heavy atom. The van der Waals surface area contributed by atoms with Crippen LogP contribution in [0.5, 0.6) is 0 Å². The van der Waals surface area contributed by atoms with Crippen LogP contribution in [0.15, 0.2) is 0 Å². The molecule has 0 saturated heterocycles. The molecular formula is C15H28N2O. The monoisotopic (exact) mass is 252 g/mol. The van der Waals surface area contributed by atoms with Crippen molar-refractivity contribution in [1.29, 1.82) is 5.26 Å². The lowest BCUT2D eigenvalue weighted by molar-refractivity contribution is 0.0902. The van der Waals surface area contributed by atoms with Crippen molar-refractivity contribution in [2.75, 3.05) is 26.8 Å². The molecule has 1 fully saturated rings. The topological polar surface area (TPSA) is 36.3 Å². The summed E-state index contributed by atoms with van der Waals surface area (Å²) in [6, 6.07) is 2.98. The minimum Gasteiger partial charge on any atom is -0.383 e. The van der Waals surface area contributed by atoms with E-state index in [-0.39, 0.29) is 5.92 Å². The van der Waals surface area contributed by atoms with E-state index in [1.807, 2.05) is 0 Å². The Labute approximate surface area is 112 Å². The zero-order valence-electron chi connectivity index (χ0n) is 12.2. The van der Waals surface area contributed by atoms with Gasteiger partial charge in [-0.05, 0) is 18.8 Å². The molecule has 18 heavy (non-hydrogen) atoms. The highest BCUT2D eigenvalue weighted by Crippen LogP contribution is 2.27. The first kappa shape index (κ1) is 15.5. The minimum atomic E-state index is 0.211. The average molecular weight is 252 g/mol. The highest BCUT2D eigenvalue weighted by Gasteiger charge is 2.28. The molecule has 3 heteroatoms. The Hall–Kier alpha value is -0.590. The SMILES string of the molecule is COCCN(CC(C)C)C1CCCCCC1C#N. The second-order valence-corrected chi connectivity index (χ2v) is 5.82. The third kappa shape index (κ3) is 4.96. The minimum absolute atomic E-state index is 0.211. The lowest BCUT2D eigenvalue weighted by Gasteiger charge is -2.34. The predicted molar refractivity (Wildman–Crippen MR) is 74.3 cm³/mol. The van der Waals surface area contributed by atoms with Crippen LogP contribution in [0.3, 0.4) is 0 Å². The Morgan fingerprint density at radius 1 is 1.28 bits per heavy atom. The Balaban J connectivity index is 2.69. The van der Waals surface area contributed by atoms with Crippen molar-refractivity contribution in [2.24, 2.45) is 11.8 Å². The Bertz CT molecular complexity index is 260. The molecule has 0 spiro atoms. The van der Waals surface area contributed by atoms with Gasteiger partial charge < -0.3 is 4.74 Å². The molecule has 1 aliphatic rings. The van der Waals surface area contributed by atoms with Gasteiger partial charge in [0.2, 0.25) is 0 Å². The molecule has 1 aliphatic carbocycles. The van der Waals surface area contributed by atoms with E-state index in [2.05, 4.69) is 24.8 Å². The van der Waals surface area contributed by atoms with Gasteiger partial charge in [-0.25, -0.2) is 0 Å². The van der Waals surface area contributed by atoms with Gasteiger partial charge in [-0.15, -0.1) is 0 Å². The second-order valence-electron chi connectivity index (χ2n) is 5.82. The summed E-state index contributed by atoms with van der Waals surface area (Å²) in [6.07, 6.45) is 6.02. The van der Waals surface area contributed by atoms with E-state index in [9.17, 15) is 5.26 Å². The molecule has 1 saturated carbocycles. The molecule has 2 unspecified atom stereocenters. The maximum Gasteiger partial charge on any atom is 0.0672 e. The van der Waals surface area contributed by atoms with E-state index in [1.165, 1.54) is 25.7 Å². The maximum atomic E-state index is 9.39. The Kier molecular flexibility index (Phi) is 7.31. The number of methoxy groups -OCH3 is 1. The quantitative estimate of drug-likeness (QED) is 0.682. The first-order valence-corrected chi connectivity index (χ1v) is 7.31. The number of nitrogens with zero attached hydrogens (tertiary/aromatic N) is 2. The summed E-state index contributed by atoms with van der Waals surface area (Å²) < 4.78 is 5.22. The maximum absolute atomic E-state index is 9.39. The van der Waals surface area contributed by atoms with Crippen LogP contribution in [-0.4, -0.2) is 37.7 Å². The van der Waals surface area contributed by atoms with E-state index in [0.29, 0.717) is 12.0 Å². The van der Waals surface area contributed by atoms with Crippen LogP contribution >= 0.6 is 0 Å². The molecule has 0 aromatic rings. The zero-order chi connectivity index (χ0) is 13.4. The third-order valence-electron chi connectivity index (χ3n) is 3.80. The standard InChI is InChI=1S/C15H28N2O/c1-13(2)12-17(9-10-18-3)15-8-6-4-5-7-14(15)11-16/h13-15H,4-10,12H2,1-3H3. The van der Waals surface area contributed by atoms with Gasteiger partial charge in [0.15, 0.2) is 0 Å². The van der Waals surface area contributed by atoms with Crippen LogP contribution in [0.2, 0.25) is 0 Å². The zero-order valence-corrected chi connectivity index (χ0v) is 12.2. The fourth-order valence-corrected chi connectivity index (χ4v) is 2.95. The molecule has 0 radical (unpaired) electrons. The molecule has 1 rings (SSSR count). The fraction of sp³-hybridized carbons (Fsp3) is 0.933. The van der Waals surface area contributed by atoms with Gasteiger partial charge in [0.1, 0.15) is 0 Å². The van der Waals surface area contributed by atoms with Crippen LogP contribution in [0, 0.1) is 23.2 Å². The molecule has 104 valence electrons. The van der Waals surface area contributed by atoms with E-state index >= 15 is 0 Å². The highest BCUT2D eigenvalue weighted by atomic mass is 16.5. The van der Waals surface area contributed by atoms with Crippen LogP contribution < -0.4 is 0 Å². The predicted octanol–water partition coefficient (Wildman–Crippen LogP) is 3.06. The summed E-state index contributed by atoms with van der Waals surface area (Å²) in [4.78, 5) is 2.49. The second kappa shape index (κ2) is 8.50. The number of rotatable bonds is 6. The number of ether oxygens (including phenoxy) is 1. The molecule has 2 atom stereocenters. The van der Waals surface area contributed by atoms with Crippen molar-refractivity contribution >= 4 is 0 Å². The van der Waals surface area contributed by atoms with E-state index in [4.69, 9.17) is 4.74 Å². The summed E-state index contributed by atoms with van der Waals surface area (Å²) in [7, 11) is 1.75. The largest absolute Gasteiger partial charge is 0.383 e. The Morgan fingerprint density at radius 2 is 2.00 bits per heavy atom. The van der Waals surface area contributed by atoms with Gasteiger partial charge >= 0.3 is 0 Å². The molecule has 3 nitrogen and oxygen atoms in total. The summed E-state index contributed by atoms with van der Waals surface area (Å²) >= 11 is 0. The van der Waals surface area contributed by atoms with Gasteiger partial charge in [-0.3, -0.25) is 4.90 Å². The number of hydrogen-bond donors (Lipinski definition) is 0. The van der Waals surface area contributed by atoms with Gasteiger partial charge in [-0.1, -0.05) is 33.1 Å². The summed E-state index contributed by atoms with van der Waals surface area (Å²) in [5.41, 5.74) is 0. The average Bonchev–Trinajstić information content (AvgIpc) is 2.58. The van der Waals surface area contributed by atoms with Gasteiger partial charge in [0.05, 0.1) is 18.6 Å². The molecule has 0 aromatic carbocycles. The van der Waals surface area contributed by atoms with E-state index in [0.717, 1.165) is 26.1 Å². The summed E-state index contributed by atoms with van der Waals surface area (Å²) in [6.45, 7) is 7.29. The van der Waals surface area contributed by atoms with Crippen LogP contribution in [0.1, 0.15) is 46.0 Å². The normalized spacial score (nSPS) is 25.1. The number of hydrogen-bond acceptors (Lipinski definition) is 3. The first-order valence-electron chi connectivity index (χ1n) is 7.31. The van der Waals surface area contributed by atoms with Crippen molar-refractivity contribution in [3.8, 4) is 6.07 Å². The smallest absolute Gasteiger partial charge is 0.0672 e. The van der Waals surface area contributed by atoms with Crippen molar-refractivity contribution in [3.05, 3.63) is 0 Å². The lowest BCUT2D eigenvalue weighted by Crippen LogP contribution is -2.43. The van der Waals surface area contributed by atoms with E-state index < -0.39 is 0 Å². The molecule has 0 amide bonds. The highest BCUT2D eigenvalue weighted by molar-refractivity contribution is 4.94. The van der Waals surface area contributed by atoms with Crippen molar-refractivity contribution < 1.29 is 4.74 Å². The summed E-state index contributed by atoms with van der Waals surface area (Å²) in [5.74, 6) is 0.854. The van der Waals surface area contributed by atoms with Gasteiger partial charge in [-0.2, -0.15) is 5.26 Å². The van der Waals surface area contributed by atoms with Gasteiger partial charge in [0.25, 0.3) is 0 Å². The molecule has 0 heterocycles. The van der Waals surface area contributed by atoms with Crippen LogP contribution in [0.25, 0.3) is 0 Å². The van der Waals surface area contributed by atoms with E-state index in [1.54, 1.807) is 7.11 Å². The molecular weight excluding hydrogens is 224 g/mol. The summed E-state index contributed by atoms with van der Waals surface area (Å²) in [5, 5.41) is 9.39. The molecule has 0 N–H and O–H groups in total. The third-order valence-corrected chi connectivity index (χ3v) is 3.80. The first-order chi connectivity index (χ1) is 8.69.